The van der Waals surface area contributed by atoms with Gasteiger partial charge in [0, 0.05) is 25.6 Å². The van der Waals surface area contributed by atoms with Gasteiger partial charge in [0.05, 0.1) is 18.8 Å². The quantitative estimate of drug-likeness (QED) is 0.878. The van der Waals surface area contributed by atoms with Gasteiger partial charge in [0.25, 0.3) is 5.91 Å². The van der Waals surface area contributed by atoms with Gasteiger partial charge in [-0.15, -0.1) is 0 Å². The van der Waals surface area contributed by atoms with E-state index in [2.05, 4.69) is 15.2 Å². The third-order valence-electron chi connectivity index (χ3n) is 4.16. The average molecular weight is 330 g/mol. The van der Waals surface area contributed by atoms with E-state index in [9.17, 15) is 4.79 Å². The lowest BCUT2D eigenvalue weighted by Gasteiger charge is -2.23. The normalized spacial score (nSPS) is 20.3. The molecule has 1 aliphatic heterocycles. The molecular weight excluding hydrogens is 308 g/mol. The van der Waals surface area contributed by atoms with Crippen LogP contribution in [0, 0.1) is 0 Å². The fraction of sp³-hybridized carbons (Fsp3) is 0.471. The lowest BCUT2D eigenvalue weighted by Crippen LogP contribution is -2.32. The first kappa shape index (κ1) is 16.4. The molecule has 1 aromatic carbocycles. The monoisotopic (exact) mass is 330 g/mol. The zero-order chi connectivity index (χ0) is 16.9. The van der Waals surface area contributed by atoms with Crippen LogP contribution in [-0.4, -0.2) is 52.4 Å². The van der Waals surface area contributed by atoms with Crippen LogP contribution in [0.25, 0.3) is 0 Å². The van der Waals surface area contributed by atoms with Gasteiger partial charge < -0.3 is 14.4 Å². The van der Waals surface area contributed by atoms with E-state index in [1.54, 1.807) is 24.1 Å². The first-order valence-corrected chi connectivity index (χ1v) is 8.14. The minimum Gasteiger partial charge on any atom is -0.494 e. The van der Waals surface area contributed by atoms with Gasteiger partial charge in [-0.05, 0) is 24.6 Å². The summed E-state index contributed by atoms with van der Waals surface area (Å²) >= 11 is 0. The summed E-state index contributed by atoms with van der Waals surface area (Å²) in [5.74, 6) is 1.33. The van der Waals surface area contributed by atoms with Gasteiger partial charge in [0.15, 0.2) is 0 Å². The number of aromatic nitrogens is 3. The van der Waals surface area contributed by atoms with Crippen LogP contribution in [0.4, 0.5) is 0 Å². The molecule has 1 saturated heterocycles. The molecule has 128 valence electrons. The lowest BCUT2D eigenvalue weighted by atomic mass is 10.1. The second kappa shape index (κ2) is 7.44. The maximum atomic E-state index is 13.0. The number of aromatic amines is 1. The van der Waals surface area contributed by atoms with E-state index in [1.807, 2.05) is 19.1 Å². The number of rotatable bonds is 6. The number of nitrogens with zero attached hydrogens (tertiary/aromatic N) is 3. The number of methoxy groups -OCH3 is 1. The summed E-state index contributed by atoms with van der Waals surface area (Å²) in [6, 6.07) is 7.13. The van der Waals surface area contributed by atoms with Gasteiger partial charge in [-0.2, -0.15) is 5.10 Å². The van der Waals surface area contributed by atoms with Crippen LogP contribution >= 0.6 is 0 Å². The Bertz CT molecular complexity index is 674. The number of hydrogen-bond donors (Lipinski definition) is 1. The SMILES string of the molecule is CCCOc1cccc(C(=O)N2C[C@H](OC)C[C@H]2c2ncn[nH]2)c1. The smallest absolute Gasteiger partial charge is 0.254 e. The van der Waals surface area contributed by atoms with Crippen molar-refractivity contribution in [2.45, 2.75) is 31.9 Å². The van der Waals surface area contributed by atoms with Crippen LogP contribution in [0.15, 0.2) is 30.6 Å². The Morgan fingerprint density at radius 3 is 3.04 bits per heavy atom. The number of carbonyl (C=O) groups excluding carboxylic acids is 1. The minimum atomic E-state index is -0.162. The van der Waals surface area contributed by atoms with E-state index in [-0.39, 0.29) is 18.1 Å². The van der Waals surface area contributed by atoms with Gasteiger partial charge in [0.2, 0.25) is 0 Å². The summed E-state index contributed by atoms with van der Waals surface area (Å²) in [7, 11) is 1.66. The Labute approximate surface area is 141 Å². The minimum absolute atomic E-state index is 0.0106. The molecular formula is C17H22N4O3. The number of carbonyl (C=O) groups is 1. The molecule has 2 heterocycles. The molecule has 2 aromatic rings. The van der Waals surface area contributed by atoms with Crippen LogP contribution < -0.4 is 4.74 Å². The number of nitrogens with one attached hydrogen (secondary N) is 1. The first-order valence-electron chi connectivity index (χ1n) is 8.14. The predicted molar refractivity (Wildman–Crippen MR) is 87.8 cm³/mol. The highest BCUT2D eigenvalue weighted by Crippen LogP contribution is 2.32. The summed E-state index contributed by atoms with van der Waals surface area (Å²) in [4.78, 5) is 19.0. The molecule has 1 aliphatic rings. The molecule has 3 rings (SSSR count). The molecule has 1 amide bonds. The van der Waals surface area contributed by atoms with Gasteiger partial charge >= 0.3 is 0 Å². The zero-order valence-corrected chi connectivity index (χ0v) is 13.9. The molecule has 0 aliphatic carbocycles. The molecule has 7 nitrogen and oxygen atoms in total. The number of likely N-dealkylation sites (tertiary alicyclic amines) is 1. The van der Waals surface area contributed by atoms with Crippen LogP contribution in [0.1, 0.15) is 42.0 Å². The van der Waals surface area contributed by atoms with Crippen LogP contribution in [0.2, 0.25) is 0 Å². The molecule has 2 atom stereocenters. The van der Waals surface area contributed by atoms with E-state index < -0.39 is 0 Å². The second-order valence-corrected chi connectivity index (χ2v) is 5.81. The van der Waals surface area contributed by atoms with Gasteiger partial charge in [-0.25, -0.2) is 4.98 Å². The van der Waals surface area contributed by atoms with Crippen molar-refractivity contribution in [2.24, 2.45) is 0 Å². The summed E-state index contributed by atoms with van der Waals surface area (Å²) in [6.45, 7) is 3.21. The number of ether oxygens (including phenoxy) is 2. The fourth-order valence-electron chi connectivity index (χ4n) is 2.93. The Morgan fingerprint density at radius 1 is 1.46 bits per heavy atom. The molecule has 0 spiro atoms. The van der Waals surface area contributed by atoms with Gasteiger partial charge in [0.1, 0.15) is 17.9 Å². The summed E-state index contributed by atoms with van der Waals surface area (Å²) in [5, 5.41) is 6.76. The van der Waals surface area contributed by atoms with Crippen LogP contribution in [0.5, 0.6) is 5.75 Å². The number of benzene rings is 1. The Balaban J connectivity index is 1.82. The molecule has 1 fully saturated rings. The summed E-state index contributed by atoms with van der Waals surface area (Å²) in [6.07, 6.45) is 3.07. The average Bonchev–Trinajstić information content (AvgIpc) is 3.28. The molecule has 1 N–H and O–H groups in total. The van der Waals surface area contributed by atoms with E-state index in [4.69, 9.17) is 9.47 Å². The van der Waals surface area contributed by atoms with Crippen LogP contribution in [0.3, 0.4) is 0 Å². The highest BCUT2D eigenvalue weighted by molar-refractivity contribution is 5.95. The maximum absolute atomic E-state index is 13.0. The van der Waals surface area contributed by atoms with Gasteiger partial charge in [-0.1, -0.05) is 13.0 Å². The molecule has 1 aromatic heterocycles. The van der Waals surface area contributed by atoms with Crippen molar-refractivity contribution in [3.8, 4) is 5.75 Å². The highest BCUT2D eigenvalue weighted by Gasteiger charge is 2.38. The highest BCUT2D eigenvalue weighted by atomic mass is 16.5. The van der Waals surface area contributed by atoms with E-state index in [0.717, 1.165) is 6.42 Å². The molecule has 0 bridgehead atoms. The zero-order valence-electron chi connectivity index (χ0n) is 13.9. The van der Waals surface area contributed by atoms with E-state index in [1.165, 1.54) is 6.33 Å². The predicted octanol–water partition coefficient (Wildman–Crippen LogP) is 2.20. The Kier molecular flexibility index (Phi) is 5.10. The largest absolute Gasteiger partial charge is 0.494 e. The van der Waals surface area contributed by atoms with Crippen molar-refractivity contribution < 1.29 is 14.3 Å². The lowest BCUT2D eigenvalue weighted by molar-refractivity contribution is 0.0684. The molecule has 24 heavy (non-hydrogen) atoms. The van der Waals surface area contributed by atoms with Gasteiger partial charge in [-0.3, -0.25) is 9.89 Å². The second-order valence-electron chi connectivity index (χ2n) is 5.81. The fourth-order valence-corrected chi connectivity index (χ4v) is 2.93. The number of hydrogen-bond acceptors (Lipinski definition) is 5. The maximum Gasteiger partial charge on any atom is 0.254 e. The standard InChI is InChI=1S/C17H22N4O3/c1-3-7-24-13-6-4-5-12(8-13)17(22)21-10-14(23-2)9-15(21)16-18-11-19-20-16/h4-6,8,11,14-15H,3,7,9-10H2,1-2H3,(H,18,19,20)/t14-,15+/m1/s1. The molecule has 0 unspecified atom stereocenters. The van der Waals surface area contributed by atoms with Crippen molar-refractivity contribution >= 4 is 5.91 Å². The van der Waals surface area contributed by atoms with E-state index in [0.29, 0.717) is 36.7 Å². The van der Waals surface area contributed by atoms with Crippen molar-refractivity contribution in [3.63, 3.8) is 0 Å². The first-order chi connectivity index (χ1) is 11.7. The van der Waals surface area contributed by atoms with Crippen molar-refractivity contribution in [3.05, 3.63) is 42.0 Å². The van der Waals surface area contributed by atoms with Crippen molar-refractivity contribution in [1.29, 1.82) is 0 Å². The summed E-state index contributed by atoms with van der Waals surface area (Å²) < 4.78 is 11.1. The molecule has 0 saturated carbocycles. The third-order valence-corrected chi connectivity index (χ3v) is 4.16. The topological polar surface area (TPSA) is 80.3 Å². The molecule has 7 heteroatoms. The Hall–Kier alpha value is -2.41. The van der Waals surface area contributed by atoms with Crippen LogP contribution in [-0.2, 0) is 4.74 Å². The summed E-state index contributed by atoms with van der Waals surface area (Å²) in [5.41, 5.74) is 0.602. The third kappa shape index (κ3) is 3.41. The number of H-pyrrole nitrogens is 1. The Morgan fingerprint density at radius 2 is 2.33 bits per heavy atom. The number of amides is 1. The van der Waals surface area contributed by atoms with E-state index >= 15 is 0 Å². The van der Waals surface area contributed by atoms with Crippen molar-refractivity contribution in [2.75, 3.05) is 20.3 Å². The van der Waals surface area contributed by atoms with Crippen molar-refractivity contribution in [1.82, 2.24) is 20.1 Å². The molecule has 0 radical (unpaired) electrons.